The minimum Gasteiger partial charge on any atom is -0.494 e. The van der Waals surface area contributed by atoms with Crippen LogP contribution in [0.4, 0.5) is 39.3 Å². The van der Waals surface area contributed by atoms with E-state index in [0.29, 0.717) is 52.4 Å². The molecule has 0 spiro atoms. The second-order valence-corrected chi connectivity index (χ2v) is 14.3. The highest BCUT2D eigenvalue weighted by atomic mass is 16.5. The van der Waals surface area contributed by atoms with Gasteiger partial charge < -0.3 is 35.2 Å². The van der Waals surface area contributed by atoms with E-state index in [2.05, 4.69) is 55.8 Å². The van der Waals surface area contributed by atoms with Crippen LogP contribution in [0.15, 0.2) is 55.4 Å². The van der Waals surface area contributed by atoms with Crippen molar-refractivity contribution in [3.63, 3.8) is 0 Å². The molecule has 4 aromatic rings. The zero-order valence-corrected chi connectivity index (χ0v) is 30.2. The monoisotopic (exact) mass is 682 g/mol. The number of ether oxygens (including phenoxy) is 1. The molecule has 0 bridgehead atoms. The molecule has 50 heavy (non-hydrogen) atoms. The van der Waals surface area contributed by atoms with Gasteiger partial charge in [-0.15, -0.1) is 0 Å². The Labute approximate surface area is 292 Å². The van der Waals surface area contributed by atoms with Gasteiger partial charge in [0.25, 0.3) is 0 Å². The second kappa shape index (κ2) is 13.8. The van der Waals surface area contributed by atoms with Crippen LogP contribution in [0.1, 0.15) is 46.0 Å². The van der Waals surface area contributed by atoms with Crippen LogP contribution in [0.25, 0.3) is 11.3 Å². The summed E-state index contributed by atoms with van der Waals surface area (Å²) in [5.74, 6) is 1.21. The summed E-state index contributed by atoms with van der Waals surface area (Å²) in [6, 6.07) is 9.40. The zero-order chi connectivity index (χ0) is 36.5. The van der Waals surface area contributed by atoms with Crippen molar-refractivity contribution in [1.29, 1.82) is 0 Å². The largest absolute Gasteiger partial charge is 0.494 e. The fourth-order valence-electron chi connectivity index (χ4n) is 5.88. The number of hydrogen-bond acceptors (Lipinski definition) is 11. The van der Waals surface area contributed by atoms with Crippen molar-refractivity contribution in [2.45, 2.75) is 45.4 Å². The molecule has 0 unspecified atom stereocenters. The third-order valence-electron chi connectivity index (χ3n) is 8.47. The number of carbonyl (C=O) groups excluding carboxylic acids is 1. The summed E-state index contributed by atoms with van der Waals surface area (Å²) in [7, 11) is 7.56. The van der Waals surface area contributed by atoms with Crippen molar-refractivity contribution in [2.75, 3.05) is 68.3 Å². The van der Waals surface area contributed by atoms with Crippen LogP contribution < -0.4 is 25.2 Å². The lowest BCUT2D eigenvalue weighted by Gasteiger charge is -2.26. The maximum atomic E-state index is 12.4. The molecule has 1 amide bonds. The van der Waals surface area contributed by atoms with Crippen LogP contribution in [0.2, 0.25) is 0 Å². The van der Waals surface area contributed by atoms with Crippen LogP contribution in [-0.4, -0.2) is 94.6 Å². The van der Waals surface area contributed by atoms with E-state index in [9.17, 15) is 14.7 Å². The van der Waals surface area contributed by atoms with Crippen LogP contribution in [-0.2, 0) is 15.6 Å². The first kappa shape index (κ1) is 35.8. The van der Waals surface area contributed by atoms with Crippen LogP contribution in [0, 0.1) is 0 Å². The molecule has 3 aromatic heterocycles. The number of nitrogens with zero attached hydrogens (tertiary/aromatic N) is 8. The minimum atomic E-state index is -1.15. The van der Waals surface area contributed by atoms with Gasteiger partial charge in [0.1, 0.15) is 11.6 Å². The number of likely N-dealkylation sites (N-methyl/N-ethyl adjacent to an activating group) is 2. The van der Waals surface area contributed by atoms with Gasteiger partial charge in [0.2, 0.25) is 11.9 Å². The van der Waals surface area contributed by atoms with E-state index in [4.69, 9.17) is 14.7 Å². The Morgan fingerprint density at radius 3 is 2.48 bits per heavy atom. The number of nitrogens with one attached hydrogen (secondary N) is 2. The third kappa shape index (κ3) is 7.39. The lowest BCUT2D eigenvalue weighted by atomic mass is 9.88. The molecule has 0 fully saturated rings. The number of carboxylic acid groups (broad SMARTS) is 1. The average Bonchev–Trinajstić information content (AvgIpc) is 3.64. The highest BCUT2D eigenvalue weighted by Crippen LogP contribution is 2.45. The molecule has 0 radical (unpaired) electrons. The zero-order valence-electron chi connectivity index (χ0n) is 30.2. The summed E-state index contributed by atoms with van der Waals surface area (Å²) in [5.41, 5.74) is 4.93. The maximum Gasteiger partial charge on any atom is 0.432 e. The predicted molar refractivity (Wildman–Crippen MR) is 197 cm³/mol. The number of rotatable bonds is 11. The topological polar surface area (TPSA) is 154 Å². The molecule has 264 valence electrons. The van der Waals surface area contributed by atoms with Gasteiger partial charge in [-0.25, -0.2) is 14.8 Å². The fourth-order valence-corrected chi connectivity index (χ4v) is 5.88. The summed E-state index contributed by atoms with van der Waals surface area (Å²) in [6.07, 6.45) is 3.29. The molecule has 5 rings (SSSR count). The number of hydrogen-bond donors (Lipinski definition) is 3. The van der Waals surface area contributed by atoms with Gasteiger partial charge in [0.15, 0.2) is 0 Å². The first-order valence-electron chi connectivity index (χ1n) is 16.3. The molecule has 14 heteroatoms. The lowest BCUT2D eigenvalue weighted by molar-refractivity contribution is -0.111. The van der Waals surface area contributed by atoms with E-state index in [0.717, 1.165) is 34.8 Å². The van der Waals surface area contributed by atoms with Crippen molar-refractivity contribution < 1.29 is 19.4 Å². The van der Waals surface area contributed by atoms with Gasteiger partial charge in [0.05, 0.1) is 46.9 Å². The fraction of sp³-hybridized carbons (Fsp3) is 0.389. The summed E-state index contributed by atoms with van der Waals surface area (Å²) in [5, 5.41) is 20.2. The van der Waals surface area contributed by atoms with Crippen molar-refractivity contribution >= 4 is 46.5 Å². The van der Waals surface area contributed by atoms with E-state index >= 15 is 0 Å². The van der Waals surface area contributed by atoms with E-state index in [-0.39, 0.29) is 11.3 Å². The third-order valence-corrected chi connectivity index (χ3v) is 8.47. The molecular weight excluding hydrogens is 636 g/mol. The standard InChI is InChI=1S/C36H46N10O4/c1-11-30(47)38-24-18-25(28(50-10)19-27(24)44(9)17-16-43(7)8)40-33-37-15-14-29(41-33)45-21-36(5,6)32-26(45)13-12-23(39-32)22-20-46(34(48)49)42-31(22)35(2,3)4/h11-15,18-20H,1,16-17,21H2,2-10H3,(H,38,47)(H,48,49)(H,37,40,41). The molecule has 14 nitrogen and oxygen atoms in total. The van der Waals surface area contributed by atoms with E-state index in [1.807, 2.05) is 66.2 Å². The molecular formula is C36H46N10O4. The Hall–Kier alpha value is -5.50. The highest BCUT2D eigenvalue weighted by Gasteiger charge is 2.39. The van der Waals surface area contributed by atoms with Crippen molar-refractivity contribution in [1.82, 2.24) is 29.6 Å². The lowest BCUT2D eigenvalue weighted by Crippen LogP contribution is -2.29. The SMILES string of the molecule is C=CC(=O)Nc1cc(Nc2nccc(N3CC(C)(C)c4nc(-c5cn(C(=O)O)nc5C(C)(C)C)ccc43)n2)c(OC)cc1N(C)CCN(C)C. The molecule has 0 aliphatic carbocycles. The molecule has 0 atom stereocenters. The number of fused-ring (bicyclic) bond motifs is 1. The minimum absolute atomic E-state index is 0.334. The number of amides is 1. The molecule has 4 heterocycles. The summed E-state index contributed by atoms with van der Waals surface area (Å²) >= 11 is 0. The Morgan fingerprint density at radius 1 is 1.10 bits per heavy atom. The number of anilines is 6. The quantitative estimate of drug-likeness (QED) is 0.162. The van der Waals surface area contributed by atoms with Gasteiger partial charge >= 0.3 is 6.09 Å². The molecule has 0 saturated carbocycles. The Morgan fingerprint density at radius 2 is 1.84 bits per heavy atom. The smallest absolute Gasteiger partial charge is 0.432 e. The van der Waals surface area contributed by atoms with Crippen molar-refractivity contribution in [3.8, 4) is 17.0 Å². The van der Waals surface area contributed by atoms with Gasteiger partial charge in [-0.05, 0) is 44.4 Å². The number of aromatic nitrogens is 5. The second-order valence-electron chi connectivity index (χ2n) is 14.3. The van der Waals surface area contributed by atoms with Gasteiger partial charge in [-0.1, -0.05) is 41.2 Å². The Balaban J connectivity index is 1.49. The normalized spacial score (nSPS) is 13.6. The molecule has 1 aromatic carbocycles. The van der Waals surface area contributed by atoms with E-state index in [1.165, 1.54) is 12.3 Å². The van der Waals surface area contributed by atoms with Crippen LogP contribution in [0.5, 0.6) is 5.75 Å². The molecule has 1 aliphatic heterocycles. The Bertz CT molecular complexity index is 1930. The summed E-state index contributed by atoms with van der Waals surface area (Å²) < 4.78 is 6.71. The highest BCUT2D eigenvalue weighted by molar-refractivity contribution is 6.02. The molecule has 3 N–H and O–H groups in total. The van der Waals surface area contributed by atoms with Gasteiger partial charge in [-0.2, -0.15) is 14.8 Å². The van der Waals surface area contributed by atoms with Gasteiger partial charge in [0, 0.05) is 61.5 Å². The number of methoxy groups -OCH3 is 1. The van der Waals surface area contributed by atoms with E-state index in [1.54, 1.807) is 19.4 Å². The number of pyridine rings is 1. The van der Waals surface area contributed by atoms with E-state index < -0.39 is 11.5 Å². The molecule has 1 aliphatic rings. The van der Waals surface area contributed by atoms with Crippen LogP contribution in [0.3, 0.4) is 0 Å². The predicted octanol–water partition coefficient (Wildman–Crippen LogP) is 5.86. The summed E-state index contributed by atoms with van der Waals surface area (Å²) in [4.78, 5) is 44.9. The number of carbonyl (C=O) groups is 2. The first-order chi connectivity index (χ1) is 23.5. The first-order valence-corrected chi connectivity index (χ1v) is 16.3. The van der Waals surface area contributed by atoms with Gasteiger partial charge in [-0.3, -0.25) is 4.79 Å². The van der Waals surface area contributed by atoms with Crippen LogP contribution >= 0.6 is 0 Å². The summed E-state index contributed by atoms with van der Waals surface area (Å²) in [6.45, 7) is 16.0. The van der Waals surface area contributed by atoms with Crippen molar-refractivity contribution in [2.24, 2.45) is 0 Å². The average molecular weight is 683 g/mol. The Kier molecular flexibility index (Phi) is 9.87. The molecule has 0 saturated heterocycles. The maximum absolute atomic E-state index is 12.4. The number of benzene rings is 1. The van der Waals surface area contributed by atoms with Crippen molar-refractivity contribution in [3.05, 3.63) is 66.8 Å².